The Morgan fingerprint density at radius 3 is 2.32 bits per heavy atom. The average Bonchev–Trinajstić information content (AvgIpc) is 2.85. The van der Waals surface area contributed by atoms with E-state index in [9.17, 15) is 13.5 Å². The van der Waals surface area contributed by atoms with E-state index in [2.05, 4.69) is 83.1 Å². The lowest BCUT2D eigenvalue weighted by Crippen LogP contribution is -2.28. The van der Waals surface area contributed by atoms with Gasteiger partial charge in [0.25, 0.3) is 10.0 Å². The largest absolute Gasteiger partial charge is 0.504 e. The molecule has 0 bridgehead atoms. The van der Waals surface area contributed by atoms with Gasteiger partial charge in [0.05, 0.1) is 19.1 Å². The minimum Gasteiger partial charge on any atom is -0.504 e. The molecule has 204 valence electrons. The molecule has 3 aromatic carbocycles. The van der Waals surface area contributed by atoms with Gasteiger partial charge in [-0.2, -0.15) is 0 Å². The van der Waals surface area contributed by atoms with Gasteiger partial charge < -0.3 is 20.5 Å². The van der Waals surface area contributed by atoms with Gasteiger partial charge in [0.15, 0.2) is 16.6 Å². The third kappa shape index (κ3) is 7.79. The SMILES string of the molecule is CONS(=O)(=O)c1cc(NC(=S)NCc2ccc(C(C)(C)C)cc2)ccc1Cc1cc(OC)c(O)cc1I. The first-order valence-electron chi connectivity index (χ1n) is 11.7. The summed E-state index contributed by atoms with van der Waals surface area (Å²) in [5.41, 5.74) is 4.24. The number of benzene rings is 3. The van der Waals surface area contributed by atoms with Gasteiger partial charge in [0.1, 0.15) is 0 Å². The number of halogens is 1. The van der Waals surface area contributed by atoms with Gasteiger partial charge in [0.2, 0.25) is 0 Å². The van der Waals surface area contributed by atoms with Crippen molar-refractivity contribution in [3.05, 3.63) is 80.4 Å². The Bertz CT molecular complexity index is 1410. The number of aromatic hydroxyl groups is 1. The average molecular weight is 670 g/mol. The maximum atomic E-state index is 13.0. The highest BCUT2D eigenvalue weighted by Crippen LogP contribution is 2.33. The summed E-state index contributed by atoms with van der Waals surface area (Å²) in [6.45, 7) is 7.03. The first-order chi connectivity index (χ1) is 17.8. The van der Waals surface area contributed by atoms with Crippen LogP contribution >= 0.6 is 34.8 Å². The molecule has 0 unspecified atom stereocenters. The molecule has 0 fully saturated rings. The number of thiocarbonyl (C=S) groups is 1. The van der Waals surface area contributed by atoms with Gasteiger partial charge in [-0.1, -0.05) is 56.0 Å². The number of ether oxygens (including phenoxy) is 1. The van der Waals surface area contributed by atoms with E-state index in [0.717, 1.165) is 14.7 Å². The van der Waals surface area contributed by atoms with Gasteiger partial charge in [-0.3, -0.25) is 4.84 Å². The van der Waals surface area contributed by atoms with E-state index in [1.807, 2.05) is 0 Å². The lowest BCUT2D eigenvalue weighted by molar-refractivity contribution is 0.153. The van der Waals surface area contributed by atoms with Crippen LogP contribution in [0.15, 0.2) is 59.5 Å². The molecule has 0 saturated heterocycles. The van der Waals surface area contributed by atoms with Crippen LogP contribution < -0.4 is 20.3 Å². The summed E-state index contributed by atoms with van der Waals surface area (Å²) in [7, 11) is -1.29. The lowest BCUT2D eigenvalue weighted by atomic mass is 9.87. The molecule has 0 heterocycles. The van der Waals surface area contributed by atoms with Crippen molar-refractivity contribution >= 4 is 55.6 Å². The van der Waals surface area contributed by atoms with E-state index in [4.69, 9.17) is 21.8 Å². The van der Waals surface area contributed by atoms with Crippen LogP contribution in [0.1, 0.15) is 43.0 Å². The number of hydrogen-bond acceptors (Lipinski definition) is 6. The van der Waals surface area contributed by atoms with Gasteiger partial charge in [-0.25, -0.2) is 8.42 Å². The van der Waals surface area contributed by atoms with Crippen molar-refractivity contribution in [2.45, 2.75) is 44.0 Å². The van der Waals surface area contributed by atoms with Crippen LogP contribution in [0, 0.1) is 3.57 Å². The van der Waals surface area contributed by atoms with Crippen molar-refractivity contribution in [3.8, 4) is 11.5 Å². The van der Waals surface area contributed by atoms with Gasteiger partial charge in [-0.05, 0) is 93.2 Å². The Morgan fingerprint density at radius 2 is 1.71 bits per heavy atom. The molecule has 0 radical (unpaired) electrons. The second-order valence-electron chi connectivity index (χ2n) is 9.66. The lowest BCUT2D eigenvalue weighted by Gasteiger charge is -2.19. The van der Waals surface area contributed by atoms with E-state index >= 15 is 0 Å². The smallest absolute Gasteiger partial charge is 0.262 e. The van der Waals surface area contributed by atoms with Crippen molar-refractivity contribution in [1.29, 1.82) is 0 Å². The molecule has 0 saturated carbocycles. The van der Waals surface area contributed by atoms with Crippen molar-refractivity contribution in [2.75, 3.05) is 19.5 Å². The second-order valence-corrected chi connectivity index (χ2v) is 12.8. The van der Waals surface area contributed by atoms with Crippen LogP contribution in [0.5, 0.6) is 11.5 Å². The monoisotopic (exact) mass is 669 g/mol. The zero-order chi connectivity index (χ0) is 28.1. The standard InChI is InChI=1S/C27H32IN3O5S2/c1-27(2,3)20-9-6-17(7-10-20)16-29-26(37)30-21-11-8-18(25(14-21)38(33,34)31-36-5)12-19-13-24(35-4)23(32)15-22(19)28/h6-11,13-15,31-32H,12,16H2,1-5H3,(H2,29,30,37). The number of nitrogens with one attached hydrogen (secondary N) is 3. The summed E-state index contributed by atoms with van der Waals surface area (Å²) >= 11 is 7.55. The molecule has 3 rings (SSSR count). The van der Waals surface area contributed by atoms with Crippen LogP contribution in [0.25, 0.3) is 0 Å². The number of phenolic OH excluding ortho intramolecular Hbond substituents is 1. The molecule has 0 aliphatic carbocycles. The molecular weight excluding hydrogens is 637 g/mol. The third-order valence-electron chi connectivity index (χ3n) is 5.81. The number of phenols is 1. The summed E-state index contributed by atoms with van der Waals surface area (Å²) in [4.78, 5) is 6.85. The van der Waals surface area contributed by atoms with Crippen molar-refractivity contribution < 1.29 is 23.1 Å². The van der Waals surface area contributed by atoms with E-state index in [-0.39, 0.29) is 22.5 Å². The molecule has 4 N–H and O–H groups in total. The Labute approximate surface area is 243 Å². The number of methoxy groups -OCH3 is 1. The van der Waals surface area contributed by atoms with Crippen LogP contribution in [0.4, 0.5) is 5.69 Å². The molecule has 11 heteroatoms. The van der Waals surface area contributed by atoms with Gasteiger partial charge in [0, 0.05) is 15.8 Å². The van der Waals surface area contributed by atoms with Gasteiger partial charge in [-0.15, -0.1) is 0 Å². The topological polar surface area (TPSA) is 109 Å². The van der Waals surface area contributed by atoms with Crippen LogP contribution in [0.2, 0.25) is 0 Å². The Morgan fingerprint density at radius 1 is 1.03 bits per heavy atom. The first kappa shape index (κ1) is 30.1. The van der Waals surface area contributed by atoms with Crippen molar-refractivity contribution in [1.82, 2.24) is 10.2 Å². The second kappa shape index (κ2) is 12.6. The maximum Gasteiger partial charge on any atom is 0.262 e. The molecule has 8 nitrogen and oxygen atoms in total. The highest BCUT2D eigenvalue weighted by molar-refractivity contribution is 14.1. The fraction of sp³-hybridized carbons (Fsp3) is 0.296. The zero-order valence-corrected chi connectivity index (χ0v) is 25.7. The number of sulfonamides is 1. The summed E-state index contributed by atoms with van der Waals surface area (Å²) in [5, 5.41) is 16.6. The fourth-order valence-electron chi connectivity index (χ4n) is 3.75. The summed E-state index contributed by atoms with van der Waals surface area (Å²) in [6, 6.07) is 16.6. The number of hydrogen-bond donors (Lipinski definition) is 4. The number of rotatable bonds is 9. The molecule has 0 aliphatic rings. The third-order valence-corrected chi connectivity index (χ3v) is 8.41. The van der Waals surface area contributed by atoms with Gasteiger partial charge >= 0.3 is 0 Å². The maximum absolute atomic E-state index is 13.0. The van der Waals surface area contributed by atoms with Crippen LogP contribution in [0.3, 0.4) is 0 Å². The molecule has 0 aliphatic heterocycles. The minimum absolute atomic E-state index is 0.0141. The predicted molar refractivity (Wildman–Crippen MR) is 162 cm³/mol. The Balaban J connectivity index is 1.80. The quantitative estimate of drug-likeness (QED) is 0.140. The van der Waals surface area contributed by atoms with E-state index < -0.39 is 10.0 Å². The Hall–Kier alpha value is -2.45. The van der Waals surface area contributed by atoms with Crippen LogP contribution in [-0.2, 0) is 33.2 Å². The van der Waals surface area contributed by atoms with Crippen molar-refractivity contribution in [2.24, 2.45) is 0 Å². The molecule has 0 amide bonds. The molecule has 38 heavy (non-hydrogen) atoms. The normalized spacial score (nSPS) is 11.7. The summed E-state index contributed by atoms with van der Waals surface area (Å²) in [6.07, 6.45) is 0.280. The molecular formula is C27H32IN3O5S2. The number of anilines is 1. The van der Waals surface area contributed by atoms with Crippen molar-refractivity contribution in [3.63, 3.8) is 0 Å². The molecule has 0 atom stereocenters. The van der Waals surface area contributed by atoms with E-state index in [1.165, 1.54) is 25.8 Å². The minimum atomic E-state index is -3.99. The zero-order valence-electron chi connectivity index (χ0n) is 21.9. The highest BCUT2D eigenvalue weighted by Gasteiger charge is 2.21. The van der Waals surface area contributed by atoms with E-state index in [0.29, 0.717) is 28.7 Å². The molecule has 3 aromatic rings. The summed E-state index contributed by atoms with van der Waals surface area (Å²) < 4.78 is 31.9. The van der Waals surface area contributed by atoms with Crippen LogP contribution in [-0.4, -0.2) is 32.9 Å². The predicted octanol–water partition coefficient (Wildman–Crippen LogP) is 5.22. The van der Waals surface area contributed by atoms with E-state index in [1.54, 1.807) is 24.3 Å². The molecule has 0 spiro atoms. The highest BCUT2D eigenvalue weighted by atomic mass is 127. The Kier molecular flexibility index (Phi) is 9.98. The molecule has 0 aromatic heterocycles. The fourth-order valence-corrected chi connectivity index (χ4v) is 5.66. The summed E-state index contributed by atoms with van der Waals surface area (Å²) in [5.74, 6) is 0.322. The first-order valence-corrected chi connectivity index (χ1v) is 14.7.